The summed E-state index contributed by atoms with van der Waals surface area (Å²) in [6.45, 7) is 4.53. The Hall–Kier alpha value is -2.76. The van der Waals surface area contributed by atoms with Gasteiger partial charge in [0, 0.05) is 25.1 Å². The lowest BCUT2D eigenvalue weighted by Crippen LogP contribution is -2.23. The van der Waals surface area contributed by atoms with Gasteiger partial charge in [-0.25, -0.2) is 9.97 Å². The van der Waals surface area contributed by atoms with Gasteiger partial charge in [0.25, 0.3) is 5.91 Å². The molecule has 0 spiro atoms. The first-order valence-corrected chi connectivity index (χ1v) is 6.14. The molecule has 0 saturated carbocycles. The molecule has 102 valence electrons. The molecule has 2 N–H and O–H groups in total. The molecule has 0 atom stereocenters. The van der Waals surface area contributed by atoms with Gasteiger partial charge in [-0.2, -0.15) is 0 Å². The van der Waals surface area contributed by atoms with Gasteiger partial charge in [-0.1, -0.05) is 12.1 Å². The average Bonchev–Trinajstić information content (AvgIpc) is 2.52. The maximum atomic E-state index is 11.9. The van der Waals surface area contributed by atoms with Crippen LogP contribution in [0.3, 0.4) is 0 Å². The molecule has 0 aliphatic rings. The van der Waals surface area contributed by atoms with Crippen LogP contribution in [0.1, 0.15) is 16.1 Å². The highest BCUT2D eigenvalue weighted by molar-refractivity contribution is 5.93. The van der Waals surface area contributed by atoms with Gasteiger partial charge in [0.05, 0.1) is 17.8 Å². The molecule has 0 aliphatic carbocycles. The number of pyridine rings is 1. The molecule has 2 rings (SSSR count). The van der Waals surface area contributed by atoms with Crippen molar-refractivity contribution in [3.63, 3.8) is 0 Å². The Bertz CT molecular complexity index is 568. The molecule has 0 bridgehead atoms. The van der Waals surface area contributed by atoms with E-state index in [0.29, 0.717) is 24.6 Å². The van der Waals surface area contributed by atoms with Crippen molar-refractivity contribution in [2.45, 2.75) is 6.54 Å². The lowest BCUT2D eigenvalue weighted by molar-refractivity contribution is 0.0949. The minimum atomic E-state index is -0.231. The van der Waals surface area contributed by atoms with Gasteiger partial charge in [-0.15, -0.1) is 6.58 Å². The molecule has 2 aromatic heterocycles. The Morgan fingerprint density at radius 1 is 1.25 bits per heavy atom. The third-order valence-corrected chi connectivity index (χ3v) is 2.47. The molecule has 0 aliphatic heterocycles. The van der Waals surface area contributed by atoms with Crippen molar-refractivity contribution in [2.75, 3.05) is 11.9 Å². The van der Waals surface area contributed by atoms with E-state index in [9.17, 15) is 4.79 Å². The number of aromatic nitrogens is 3. The monoisotopic (exact) mass is 269 g/mol. The molecule has 0 fully saturated rings. The standard InChI is InChI=1S/C14H15N5O/c1-2-6-16-14-18-8-11(9-19-14)13(20)17-10-12-5-3-4-7-15-12/h2-5,7-9H,1,6,10H2,(H,17,20)(H,16,18,19). The van der Waals surface area contributed by atoms with E-state index < -0.39 is 0 Å². The predicted octanol–water partition coefficient (Wildman–Crippen LogP) is 1.40. The molecular weight excluding hydrogens is 254 g/mol. The Balaban J connectivity index is 1.90. The van der Waals surface area contributed by atoms with Crippen LogP contribution in [0.25, 0.3) is 0 Å². The number of rotatable bonds is 6. The Labute approximate surface area is 117 Å². The van der Waals surface area contributed by atoms with Crippen LogP contribution in [-0.2, 0) is 6.54 Å². The van der Waals surface area contributed by atoms with E-state index >= 15 is 0 Å². The topological polar surface area (TPSA) is 79.8 Å². The summed E-state index contributed by atoms with van der Waals surface area (Å²) in [5, 5.41) is 5.70. The van der Waals surface area contributed by atoms with Gasteiger partial charge in [-0.05, 0) is 12.1 Å². The highest BCUT2D eigenvalue weighted by Crippen LogP contribution is 2.01. The summed E-state index contributed by atoms with van der Waals surface area (Å²) in [6.07, 6.45) is 6.35. The fraction of sp³-hybridized carbons (Fsp3) is 0.143. The SMILES string of the molecule is C=CCNc1ncc(C(=O)NCc2ccccn2)cn1. The third-order valence-electron chi connectivity index (χ3n) is 2.47. The number of amides is 1. The van der Waals surface area contributed by atoms with Crippen LogP contribution in [0.4, 0.5) is 5.95 Å². The summed E-state index contributed by atoms with van der Waals surface area (Å²) in [4.78, 5) is 24.1. The van der Waals surface area contributed by atoms with Gasteiger partial charge in [0.1, 0.15) is 0 Å². The van der Waals surface area contributed by atoms with Crippen LogP contribution < -0.4 is 10.6 Å². The third kappa shape index (κ3) is 3.88. The van der Waals surface area contributed by atoms with Crippen LogP contribution in [0.15, 0.2) is 49.4 Å². The van der Waals surface area contributed by atoms with E-state index in [0.717, 1.165) is 5.69 Å². The molecule has 0 aromatic carbocycles. The number of hydrogen-bond donors (Lipinski definition) is 2. The van der Waals surface area contributed by atoms with E-state index in [2.05, 4.69) is 32.2 Å². The van der Waals surface area contributed by atoms with E-state index in [-0.39, 0.29) is 5.91 Å². The van der Waals surface area contributed by atoms with Crippen LogP contribution in [-0.4, -0.2) is 27.4 Å². The predicted molar refractivity (Wildman–Crippen MR) is 76.1 cm³/mol. The van der Waals surface area contributed by atoms with E-state index in [4.69, 9.17) is 0 Å². The smallest absolute Gasteiger partial charge is 0.254 e. The Kier molecular flexibility index (Phi) is 4.77. The second-order valence-corrected chi connectivity index (χ2v) is 3.97. The highest BCUT2D eigenvalue weighted by Gasteiger charge is 2.06. The highest BCUT2D eigenvalue weighted by atomic mass is 16.1. The largest absolute Gasteiger partial charge is 0.351 e. The summed E-state index contributed by atoms with van der Waals surface area (Å²) in [5.74, 6) is 0.233. The zero-order chi connectivity index (χ0) is 14.2. The Morgan fingerprint density at radius 2 is 2.05 bits per heavy atom. The molecule has 2 aromatic rings. The summed E-state index contributed by atoms with van der Waals surface area (Å²) >= 11 is 0. The quantitative estimate of drug-likeness (QED) is 0.775. The van der Waals surface area contributed by atoms with Crippen LogP contribution >= 0.6 is 0 Å². The molecule has 0 unspecified atom stereocenters. The van der Waals surface area contributed by atoms with Crippen LogP contribution in [0.5, 0.6) is 0 Å². The fourth-order valence-electron chi connectivity index (χ4n) is 1.48. The minimum Gasteiger partial charge on any atom is -0.351 e. The number of hydrogen-bond acceptors (Lipinski definition) is 5. The molecule has 6 heteroatoms. The molecular formula is C14H15N5O. The number of nitrogens with one attached hydrogen (secondary N) is 2. The average molecular weight is 269 g/mol. The molecule has 6 nitrogen and oxygen atoms in total. The van der Waals surface area contributed by atoms with E-state index in [1.54, 1.807) is 12.3 Å². The van der Waals surface area contributed by atoms with Crippen molar-refractivity contribution in [2.24, 2.45) is 0 Å². The van der Waals surface area contributed by atoms with Crippen molar-refractivity contribution in [1.29, 1.82) is 0 Å². The van der Waals surface area contributed by atoms with Gasteiger partial charge in [0.2, 0.25) is 5.95 Å². The zero-order valence-corrected chi connectivity index (χ0v) is 10.9. The second kappa shape index (κ2) is 6.98. The minimum absolute atomic E-state index is 0.231. The van der Waals surface area contributed by atoms with Gasteiger partial charge < -0.3 is 10.6 Å². The number of carbonyl (C=O) groups excluding carboxylic acids is 1. The number of carbonyl (C=O) groups is 1. The normalized spacial score (nSPS) is 9.80. The van der Waals surface area contributed by atoms with E-state index in [1.807, 2.05) is 18.2 Å². The van der Waals surface area contributed by atoms with Gasteiger partial charge >= 0.3 is 0 Å². The summed E-state index contributed by atoms with van der Waals surface area (Å²) in [5.41, 5.74) is 1.20. The lowest BCUT2D eigenvalue weighted by Gasteiger charge is -2.05. The molecule has 0 radical (unpaired) electrons. The maximum absolute atomic E-state index is 11.9. The van der Waals surface area contributed by atoms with Gasteiger partial charge in [0.15, 0.2) is 0 Å². The first-order valence-electron chi connectivity index (χ1n) is 6.14. The van der Waals surface area contributed by atoms with Crippen LogP contribution in [0, 0.1) is 0 Å². The number of anilines is 1. The first kappa shape index (κ1) is 13.7. The lowest BCUT2D eigenvalue weighted by atomic mass is 10.3. The fourth-order valence-corrected chi connectivity index (χ4v) is 1.48. The summed E-state index contributed by atoms with van der Waals surface area (Å²) < 4.78 is 0. The van der Waals surface area contributed by atoms with Crippen molar-refractivity contribution in [3.05, 3.63) is 60.7 Å². The van der Waals surface area contributed by atoms with Crippen molar-refractivity contribution in [3.8, 4) is 0 Å². The van der Waals surface area contributed by atoms with E-state index in [1.165, 1.54) is 12.4 Å². The summed E-state index contributed by atoms with van der Waals surface area (Å²) in [6, 6.07) is 5.55. The molecule has 0 saturated heterocycles. The summed E-state index contributed by atoms with van der Waals surface area (Å²) in [7, 11) is 0. The Morgan fingerprint density at radius 3 is 2.70 bits per heavy atom. The number of nitrogens with zero attached hydrogens (tertiary/aromatic N) is 3. The van der Waals surface area contributed by atoms with Gasteiger partial charge in [-0.3, -0.25) is 9.78 Å². The van der Waals surface area contributed by atoms with Crippen molar-refractivity contribution >= 4 is 11.9 Å². The van der Waals surface area contributed by atoms with Crippen molar-refractivity contribution in [1.82, 2.24) is 20.3 Å². The molecule has 1 amide bonds. The molecule has 20 heavy (non-hydrogen) atoms. The van der Waals surface area contributed by atoms with Crippen LogP contribution in [0.2, 0.25) is 0 Å². The van der Waals surface area contributed by atoms with Crippen molar-refractivity contribution < 1.29 is 4.79 Å². The zero-order valence-electron chi connectivity index (χ0n) is 10.9. The molecule has 2 heterocycles. The second-order valence-electron chi connectivity index (χ2n) is 3.97. The first-order chi connectivity index (χ1) is 9.79. The maximum Gasteiger partial charge on any atom is 0.254 e.